The maximum Gasteiger partial charge on any atom is 0.408 e. The molecule has 0 radical (unpaired) electrons. The van der Waals surface area contributed by atoms with E-state index in [-0.39, 0.29) is 13.2 Å². The second-order valence-corrected chi connectivity index (χ2v) is 5.54. The molecule has 1 amide bonds. The highest BCUT2D eigenvalue weighted by molar-refractivity contribution is 5.81. The molecular formula is C18H18N4O4. The summed E-state index contributed by atoms with van der Waals surface area (Å²) in [6, 6.07) is 15.6. The van der Waals surface area contributed by atoms with Gasteiger partial charge in [-0.25, -0.2) is 14.3 Å². The zero-order valence-corrected chi connectivity index (χ0v) is 14.2. The van der Waals surface area contributed by atoms with Crippen molar-refractivity contribution in [2.45, 2.75) is 19.2 Å². The number of nitrogens with zero attached hydrogens (tertiary/aromatic N) is 3. The first-order chi connectivity index (χ1) is 12.7. The topological polar surface area (TPSA) is 95.3 Å². The van der Waals surface area contributed by atoms with Crippen LogP contribution >= 0.6 is 0 Å². The third kappa shape index (κ3) is 4.15. The van der Waals surface area contributed by atoms with Gasteiger partial charge in [0.2, 0.25) is 0 Å². The number of rotatable bonds is 6. The molecule has 0 unspecified atom stereocenters. The lowest BCUT2D eigenvalue weighted by molar-refractivity contribution is -0.143. The Bertz CT molecular complexity index is 894. The molecule has 1 N–H and O–H groups in total. The summed E-state index contributed by atoms with van der Waals surface area (Å²) in [7, 11) is 1.26. The van der Waals surface area contributed by atoms with Gasteiger partial charge in [0.25, 0.3) is 0 Å². The highest BCUT2D eigenvalue weighted by atomic mass is 16.6. The second-order valence-electron chi connectivity index (χ2n) is 5.54. The molecule has 0 fully saturated rings. The van der Waals surface area contributed by atoms with Crippen molar-refractivity contribution < 1.29 is 19.1 Å². The first kappa shape index (κ1) is 17.4. The van der Waals surface area contributed by atoms with Gasteiger partial charge in [-0.15, -0.1) is 5.10 Å². The van der Waals surface area contributed by atoms with E-state index in [2.05, 4.69) is 15.6 Å². The van der Waals surface area contributed by atoms with Gasteiger partial charge in [0, 0.05) is 0 Å². The van der Waals surface area contributed by atoms with Crippen molar-refractivity contribution in [1.82, 2.24) is 20.3 Å². The smallest absolute Gasteiger partial charge is 0.408 e. The van der Waals surface area contributed by atoms with Crippen molar-refractivity contribution in [3.05, 3.63) is 60.2 Å². The molecule has 26 heavy (non-hydrogen) atoms. The molecule has 0 aliphatic rings. The van der Waals surface area contributed by atoms with Gasteiger partial charge in [0.1, 0.15) is 18.2 Å². The molecule has 1 atom stereocenters. The summed E-state index contributed by atoms with van der Waals surface area (Å²) in [5, 5.41) is 10.6. The number of para-hydroxylation sites is 1. The van der Waals surface area contributed by atoms with E-state index in [1.54, 1.807) is 0 Å². The van der Waals surface area contributed by atoms with Crippen molar-refractivity contribution >= 4 is 23.1 Å². The number of benzene rings is 2. The maximum atomic E-state index is 12.1. The molecule has 1 heterocycles. The molecule has 0 bridgehead atoms. The Morgan fingerprint density at radius 3 is 2.62 bits per heavy atom. The predicted octanol–water partition coefficient (Wildman–Crippen LogP) is 1.90. The minimum Gasteiger partial charge on any atom is -0.467 e. The van der Waals surface area contributed by atoms with Crippen molar-refractivity contribution in [3.8, 4) is 0 Å². The molecule has 3 aromatic rings. The predicted molar refractivity (Wildman–Crippen MR) is 93.1 cm³/mol. The van der Waals surface area contributed by atoms with Gasteiger partial charge in [0.15, 0.2) is 0 Å². The van der Waals surface area contributed by atoms with E-state index in [9.17, 15) is 9.59 Å². The van der Waals surface area contributed by atoms with E-state index in [1.165, 1.54) is 11.8 Å². The highest BCUT2D eigenvalue weighted by Gasteiger charge is 2.24. The van der Waals surface area contributed by atoms with Gasteiger partial charge in [-0.1, -0.05) is 47.7 Å². The summed E-state index contributed by atoms with van der Waals surface area (Å²) in [5.41, 5.74) is 2.29. The first-order valence-corrected chi connectivity index (χ1v) is 8.00. The van der Waals surface area contributed by atoms with Crippen LogP contribution in [0.5, 0.6) is 0 Å². The van der Waals surface area contributed by atoms with Crippen LogP contribution in [0.2, 0.25) is 0 Å². The number of ether oxygens (including phenoxy) is 2. The average molecular weight is 354 g/mol. The molecule has 0 aliphatic carbocycles. The highest BCUT2D eigenvalue weighted by Crippen LogP contribution is 2.10. The zero-order valence-electron chi connectivity index (χ0n) is 14.2. The number of esters is 1. The fraction of sp³-hybridized carbons (Fsp3) is 0.222. The fourth-order valence-electron chi connectivity index (χ4n) is 2.45. The van der Waals surface area contributed by atoms with E-state index < -0.39 is 18.1 Å². The normalized spacial score (nSPS) is 11.7. The van der Waals surface area contributed by atoms with Crippen LogP contribution in [0.4, 0.5) is 4.79 Å². The number of carbonyl (C=O) groups excluding carboxylic acids is 2. The number of hydrogen-bond acceptors (Lipinski definition) is 6. The minimum absolute atomic E-state index is 0.0770. The standard InChI is InChI=1S/C18H18N4O4/c1-25-17(23)15(11-22-16-10-6-5-9-14(16)20-21-22)19-18(24)26-12-13-7-3-2-4-8-13/h2-10,15H,11-12H2,1H3,(H,19,24)/t15-/m0/s1. The van der Waals surface area contributed by atoms with Crippen LogP contribution in [-0.2, 0) is 27.4 Å². The van der Waals surface area contributed by atoms with E-state index >= 15 is 0 Å². The van der Waals surface area contributed by atoms with Crippen LogP contribution in [0.25, 0.3) is 11.0 Å². The summed E-state index contributed by atoms with van der Waals surface area (Å²) >= 11 is 0. The van der Waals surface area contributed by atoms with Gasteiger partial charge in [0.05, 0.1) is 19.2 Å². The Kier molecular flexibility index (Phi) is 5.43. The fourth-order valence-corrected chi connectivity index (χ4v) is 2.45. The quantitative estimate of drug-likeness (QED) is 0.679. The average Bonchev–Trinajstić information content (AvgIpc) is 3.09. The van der Waals surface area contributed by atoms with Crippen molar-refractivity contribution in [1.29, 1.82) is 0 Å². The minimum atomic E-state index is -0.951. The Hall–Kier alpha value is -3.42. The van der Waals surface area contributed by atoms with Crippen molar-refractivity contribution in [2.75, 3.05) is 7.11 Å². The number of methoxy groups -OCH3 is 1. The number of alkyl carbamates (subject to hydrolysis) is 1. The van der Waals surface area contributed by atoms with Crippen LogP contribution in [0.3, 0.4) is 0 Å². The van der Waals surface area contributed by atoms with Crippen LogP contribution in [0.15, 0.2) is 54.6 Å². The monoisotopic (exact) mass is 354 g/mol. The molecule has 1 aromatic heterocycles. The zero-order chi connectivity index (χ0) is 18.4. The summed E-state index contributed by atoms with van der Waals surface area (Å²) in [4.78, 5) is 24.1. The molecule has 3 rings (SSSR count). The van der Waals surface area contributed by atoms with E-state index in [4.69, 9.17) is 9.47 Å². The van der Waals surface area contributed by atoms with Gasteiger partial charge in [-0.05, 0) is 17.7 Å². The van der Waals surface area contributed by atoms with Gasteiger partial charge < -0.3 is 14.8 Å². The molecule has 0 saturated carbocycles. The molecule has 8 nitrogen and oxygen atoms in total. The maximum absolute atomic E-state index is 12.1. The van der Waals surface area contributed by atoms with Crippen LogP contribution in [0, 0.1) is 0 Å². The van der Waals surface area contributed by atoms with E-state index in [0.29, 0.717) is 5.52 Å². The number of amides is 1. The Morgan fingerprint density at radius 1 is 1.12 bits per heavy atom. The molecule has 134 valence electrons. The lowest BCUT2D eigenvalue weighted by Crippen LogP contribution is -2.44. The molecule has 8 heteroatoms. The lowest BCUT2D eigenvalue weighted by Gasteiger charge is -2.16. The lowest BCUT2D eigenvalue weighted by atomic mass is 10.2. The van der Waals surface area contributed by atoms with Crippen LogP contribution in [-0.4, -0.2) is 40.2 Å². The van der Waals surface area contributed by atoms with Crippen LogP contribution in [0.1, 0.15) is 5.56 Å². The first-order valence-electron chi connectivity index (χ1n) is 8.00. The summed E-state index contributed by atoms with van der Waals surface area (Å²) in [6.45, 7) is 0.181. The third-order valence-electron chi connectivity index (χ3n) is 3.77. The number of nitrogens with one attached hydrogen (secondary N) is 1. The van der Waals surface area contributed by atoms with E-state index in [0.717, 1.165) is 11.1 Å². The van der Waals surface area contributed by atoms with Gasteiger partial charge in [-0.2, -0.15) is 0 Å². The van der Waals surface area contributed by atoms with Gasteiger partial charge >= 0.3 is 12.1 Å². The molecule has 0 aliphatic heterocycles. The Morgan fingerprint density at radius 2 is 1.85 bits per heavy atom. The van der Waals surface area contributed by atoms with Crippen LogP contribution < -0.4 is 5.32 Å². The largest absolute Gasteiger partial charge is 0.467 e. The molecular weight excluding hydrogens is 336 g/mol. The SMILES string of the molecule is COC(=O)[C@H](Cn1nnc2ccccc21)NC(=O)OCc1ccccc1. The molecule has 2 aromatic carbocycles. The van der Waals surface area contributed by atoms with E-state index in [1.807, 2.05) is 54.6 Å². The van der Waals surface area contributed by atoms with Crippen molar-refractivity contribution in [3.63, 3.8) is 0 Å². The van der Waals surface area contributed by atoms with Crippen molar-refractivity contribution in [2.24, 2.45) is 0 Å². The second kappa shape index (κ2) is 8.11. The number of hydrogen-bond donors (Lipinski definition) is 1. The van der Waals surface area contributed by atoms with Gasteiger partial charge in [-0.3, -0.25) is 0 Å². The third-order valence-corrected chi connectivity index (χ3v) is 3.77. The molecule has 0 saturated heterocycles. The number of aromatic nitrogens is 3. The Balaban J connectivity index is 1.66. The summed E-state index contributed by atoms with van der Waals surface area (Å²) in [6.07, 6.45) is -0.714. The summed E-state index contributed by atoms with van der Waals surface area (Å²) < 4.78 is 11.5. The number of fused-ring (bicyclic) bond motifs is 1. The molecule has 0 spiro atoms. The summed E-state index contributed by atoms with van der Waals surface area (Å²) in [5.74, 6) is -0.596. The number of carbonyl (C=O) groups is 2. The Labute approximate surface area is 149 Å².